The maximum absolute atomic E-state index is 12.7. The summed E-state index contributed by atoms with van der Waals surface area (Å²) in [5.74, 6) is 0.831. The topological polar surface area (TPSA) is 60.9 Å². The van der Waals surface area contributed by atoms with Gasteiger partial charge in [-0.15, -0.1) is 0 Å². The highest BCUT2D eigenvalue weighted by Gasteiger charge is 2.33. The number of piperidine rings is 1. The van der Waals surface area contributed by atoms with Crippen LogP contribution in [0, 0.1) is 0 Å². The first kappa shape index (κ1) is 19.9. The van der Waals surface area contributed by atoms with Gasteiger partial charge in [0.05, 0.1) is 11.5 Å². The van der Waals surface area contributed by atoms with Crippen LogP contribution >= 0.6 is 0 Å². The Morgan fingerprint density at radius 3 is 2.43 bits per heavy atom. The first-order chi connectivity index (χ1) is 13.5. The highest BCUT2D eigenvalue weighted by Crippen LogP contribution is 2.20. The second-order valence-corrected chi connectivity index (χ2v) is 10.7. The lowest BCUT2D eigenvalue weighted by Crippen LogP contribution is -2.50. The number of amides is 1. The van der Waals surface area contributed by atoms with E-state index in [2.05, 4.69) is 15.9 Å². The summed E-state index contributed by atoms with van der Waals surface area (Å²) in [7, 11) is -2.82. The molecular formula is C21H31N3O3S. The smallest absolute Gasteiger partial charge is 0.253 e. The number of piperazine rings is 1. The number of hydrogen-bond acceptors (Lipinski definition) is 5. The van der Waals surface area contributed by atoms with Crippen molar-refractivity contribution < 1.29 is 13.2 Å². The number of hydrogen-bond donors (Lipinski definition) is 0. The Kier molecular flexibility index (Phi) is 6.04. The quantitative estimate of drug-likeness (QED) is 0.762. The molecule has 1 unspecified atom stereocenters. The standard InChI is InChI=1S/C21H31N3O3S/c25-21(24-8-2-1-3-9-24)19-6-4-5-18(15-19)16-22-10-12-23(13-11-22)20-7-14-28(26,27)17-20/h4-6,15,20H,1-3,7-14,16-17H2. The fourth-order valence-electron chi connectivity index (χ4n) is 4.69. The van der Waals surface area contributed by atoms with Gasteiger partial charge in [-0.05, 0) is 43.4 Å². The Hall–Kier alpha value is -1.44. The van der Waals surface area contributed by atoms with Gasteiger partial charge in [0.15, 0.2) is 9.84 Å². The number of sulfone groups is 1. The normalized spacial score (nSPS) is 26.4. The Morgan fingerprint density at radius 2 is 1.75 bits per heavy atom. The van der Waals surface area contributed by atoms with E-state index in [0.29, 0.717) is 11.5 Å². The van der Waals surface area contributed by atoms with Gasteiger partial charge in [-0.25, -0.2) is 8.42 Å². The van der Waals surface area contributed by atoms with Gasteiger partial charge in [-0.1, -0.05) is 12.1 Å². The zero-order chi connectivity index (χ0) is 19.6. The zero-order valence-electron chi connectivity index (χ0n) is 16.6. The number of nitrogens with zero attached hydrogens (tertiary/aromatic N) is 3. The van der Waals surface area contributed by atoms with E-state index in [1.165, 1.54) is 12.0 Å². The molecule has 6 nitrogen and oxygen atoms in total. The molecule has 1 aromatic rings. The molecule has 0 bridgehead atoms. The third-order valence-electron chi connectivity index (χ3n) is 6.36. The molecule has 3 aliphatic rings. The second kappa shape index (κ2) is 8.51. The van der Waals surface area contributed by atoms with Crippen LogP contribution in [0.1, 0.15) is 41.6 Å². The Morgan fingerprint density at radius 1 is 1.00 bits per heavy atom. The van der Waals surface area contributed by atoms with Crippen molar-refractivity contribution in [2.24, 2.45) is 0 Å². The summed E-state index contributed by atoms with van der Waals surface area (Å²) in [4.78, 5) is 19.5. The van der Waals surface area contributed by atoms with E-state index in [1.807, 2.05) is 23.1 Å². The maximum Gasteiger partial charge on any atom is 0.253 e. The second-order valence-electron chi connectivity index (χ2n) is 8.42. The summed E-state index contributed by atoms with van der Waals surface area (Å²) in [6.45, 7) is 6.34. The fourth-order valence-corrected chi connectivity index (χ4v) is 6.45. The molecule has 3 fully saturated rings. The minimum atomic E-state index is -2.82. The van der Waals surface area contributed by atoms with Gasteiger partial charge in [0, 0.05) is 57.4 Å². The Balaban J connectivity index is 1.31. The fraction of sp³-hybridized carbons (Fsp3) is 0.667. The van der Waals surface area contributed by atoms with E-state index in [9.17, 15) is 13.2 Å². The molecule has 0 radical (unpaired) electrons. The number of carbonyl (C=O) groups is 1. The average molecular weight is 406 g/mol. The van der Waals surface area contributed by atoms with Crippen molar-refractivity contribution in [2.75, 3.05) is 50.8 Å². The minimum absolute atomic E-state index is 0.161. The van der Waals surface area contributed by atoms with Crippen molar-refractivity contribution in [1.82, 2.24) is 14.7 Å². The molecule has 154 valence electrons. The molecule has 3 saturated heterocycles. The van der Waals surface area contributed by atoms with Crippen LogP contribution < -0.4 is 0 Å². The van der Waals surface area contributed by atoms with E-state index in [-0.39, 0.29) is 11.9 Å². The van der Waals surface area contributed by atoms with Gasteiger partial charge in [0.1, 0.15) is 0 Å². The molecule has 3 heterocycles. The van der Waals surface area contributed by atoms with Crippen LogP contribution in [0.15, 0.2) is 24.3 Å². The van der Waals surface area contributed by atoms with Crippen LogP contribution in [0.3, 0.4) is 0 Å². The summed E-state index contributed by atoms with van der Waals surface area (Å²) < 4.78 is 23.4. The molecule has 1 aromatic carbocycles. The molecule has 7 heteroatoms. The van der Waals surface area contributed by atoms with Gasteiger partial charge >= 0.3 is 0 Å². The van der Waals surface area contributed by atoms with Gasteiger partial charge in [0.25, 0.3) is 5.91 Å². The molecule has 0 N–H and O–H groups in total. The first-order valence-corrected chi connectivity index (χ1v) is 12.4. The lowest BCUT2D eigenvalue weighted by atomic mass is 10.1. The van der Waals surface area contributed by atoms with Gasteiger partial charge in [0.2, 0.25) is 0 Å². The molecular weight excluding hydrogens is 374 g/mol. The van der Waals surface area contributed by atoms with Crippen LogP contribution in [-0.4, -0.2) is 85.8 Å². The van der Waals surface area contributed by atoms with Crippen LogP contribution in [-0.2, 0) is 16.4 Å². The monoisotopic (exact) mass is 405 g/mol. The molecule has 1 atom stereocenters. The molecule has 28 heavy (non-hydrogen) atoms. The Bertz CT molecular complexity index is 797. The van der Waals surface area contributed by atoms with E-state index < -0.39 is 9.84 Å². The van der Waals surface area contributed by atoms with E-state index in [0.717, 1.165) is 70.6 Å². The van der Waals surface area contributed by atoms with Crippen molar-refractivity contribution in [3.8, 4) is 0 Å². The van der Waals surface area contributed by atoms with Crippen LogP contribution in [0.5, 0.6) is 0 Å². The Labute approximate surface area is 168 Å². The number of likely N-dealkylation sites (tertiary alicyclic amines) is 1. The highest BCUT2D eigenvalue weighted by molar-refractivity contribution is 7.91. The van der Waals surface area contributed by atoms with Crippen molar-refractivity contribution in [1.29, 1.82) is 0 Å². The largest absolute Gasteiger partial charge is 0.339 e. The number of carbonyl (C=O) groups excluding carboxylic acids is 1. The average Bonchev–Trinajstić information content (AvgIpc) is 3.08. The summed E-state index contributed by atoms with van der Waals surface area (Å²) in [6, 6.07) is 8.28. The summed E-state index contributed by atoms with van der Waals surface area (Å²) >= 11 is 0. The summed E-state index contributed by atoms with van der Waals surface area (Å²) in [6.07, 6.45) is 4.22. The van der Waals surface area contributed by atoms with Crippen molar-refractivity contribution in [3.05, 3.63) is 35.4 Å². The number of rotatable bonds is 4. The molecule has 1 amide bonds. The van der Waals surface area contributed by atoms with Crippen molar-refractivity contribution in [2.45, 2.75) is 38.3 Å². The van der Waals surface area contributed by atoms with E-state index in [4.69, 9.17) is 0 Å². The summed E-state index contributed by atoms with van der Waals surface area (Å²) in [5, 5.41) is 0. The molecule has 0 saturated carbocycles. The first-order valence-electron chi connectivity index (χ1n) is 10.6. The predicted octanol–water partition coefficient (Wildman–Crippen LogP) is 1.62. The zero-order valence-corrected chi connectivity index (χ0v) is 17.4. The lowest BCUT2D eigenvalue weighted by Gasteiger charge is -2.37. The van der Waals surface area contributed by atoms with Crippen molar-refractivity contribution >= 4 is 15.7 Å². The van der Waals surface area contributed by atoms with Crippen LogP contribution in [0.4, 0.5) is 0 Å². The van der Waals surface area contributed by atoms with Gasteiger partial charge in [-0.2, -0.15) is 0 Å². The summed E-state index contributed by atoms with van der Waals surface area (Å²) in [5.41, 5.74) is 1.98. The van der Waals surface area contributed by atoms with Gasteiger partial charge in [-0.3, -0.25) is 14.6 Å². The molecule has 4 rings (SSSR count). The minimum Gasteiger partial charge on any atom is -0.339 e. The van der Waals surface area contributed by atoms with Gasteiger partial charge < -0.3 is 4.90 Å². The molecule has 0 spiro atoms. The SMILES string of the molecule is O=C(c1cccc(CN2CCN(C3CCS(=O)(=O)C3)CC2)c1)N1CCCCC1. The number of benzene rings is 1. The van der Waals surface area contributed by atoms with Crippen LogP contribution in [0.2, 0.25) is 0 Å². The lowest BCUT2D eigenvalue weighted by molar-refractivity contribution is 0.0723. The molecule has 0 aliphatic carbocycles. The van der Waals surface area contributed by atoms with Crippen LogP contribution in [0.25, 0.3) is 0 Å². The molecule has 3 aliphatic heterocycles. The third kappa shape index (κ3) is 4.75. The van der Waals surface area contributed by atoms with Crippen molar-refractivity contribution in [3.63, 3.8) is 0 Å². The maximum atomic E-state index is 12.7. The van der Waals surface area contributed by atoms with E-state index >= 15 is 0 Å². The third-order valence-corrected chi connectivity index (χ3v) is 8.11. The molecule has 0 aromatic heterocycles. The van der Waals surface area contributed by atoms with E-state index in [1.54, 1.807) is 0 Å². The predicted molar refractivity (Wildman–Crippen MR) is 110 cm³/mol. The highest BCUT2D eigenvalue weighted by atomic mass is 32.2.